The average Bonchev–Trinajstić information content (AvgIpc) is 2.17. The summed E-state index contributed by atoms with van der Waals surface area (Å²) in [4.78, 5) is 10.4. The molecule has 1 rings (SSSR count). The topological polar surface area (TPSA) is 37.3 Å². The van der Waals surface area contributed by atoms with Gasteiger partial charge in [-0.3, -0.25) is 0 Å². The standard InChI is InChI=1S/C11H13BrO2/c1-11(14,8-13)7-6-9-2-4-10(12)5-3-9/h2-5,8,14H,6-7H2,1H3/t11-/m0/s1. The van der Waals surface area contributed by atoms with E-state index in [-0.39, 0.29) is 0 Å². The molecular weight excluding hydrogens is 244 g/mol. The number of hydrogen-bond donors (Lipinski definition) is 1. The minimum Gasteiger partial charge on any atom is -0.383 e. The Bertz CT molecular complexity index is 304. The third-order valence-electron chi connectivity index (χ3n) is 2.09. The minimum absolute atomic E-state index is 0.456. The van der Waals surface area contributed by atoms with E-state index in [0.717, 1.165) is 10.0 Å². The van der Waals surface area contributed by atoms with Crippen molar-refractivity contribution >= 4 is 22.2 Å². The normalized spacial score (nSPS) is 14.8. The summed E-state index contributed by atoms with van der Waals surface area (Å²) in [6.45, 7) is 1.53. The van der Waals surface area contributed by atoms with Crippen LogP contribution < -0.4 is 0 Å². The smallest absolute Gasteiger partial charge is 0.151 e. The van der Waals surface area contributed by atoms with E-state index < -0.39 is 5.60 Å². The van der Waals surface area contributed by atoms with Crippen LogP contribution in [0.5, 0.6) is 0 Å². The fourth-order valence-corrected chi connectivity index (χ4v) is 1.37. The number of aliphatic hydroxyl groups is 1. The van der Waals surface area contributed by atoms with E-state index in [2.05, 4.69) is 15.9 Å². The first-order chi connectivity index (χ1) is 6.53. The predicted molar refractivity (Wildman–Crippen MR) is 59.2 cm³/mol. The van der Waals surface area contributed by atoms with Gasteiger partial charge in [0.2, 0.25) is 0 Å². The zero-order valence-electron chi connectivity index (χ0n) is 8.03. The Balaban J connectivity index is 2.54. The molecule has 1 aromatic carbocycles. The van der Waals surface area contributed by atoms with Crippen molar-refractivity contribution in [3.63, 3.8) is 0 Å². The van der Waals surface area contributed by atoms with Crippen molar-refractivity contribution in [3.05, 3.63) is 34.3 Å². The maximum atomic E-state index is 10.4. The number of aryl methyl sites for hydroxylation is 1. The molecule has 0 radical (unpaired) electrons. The summed E-state index contributed by atoms with van der Waals surface area (Å²) in [5.41, 5.74) is -0.0806. The van der Waals surface area contributed by atoms with Crippen molar-refractivity contribution in [3.8, 4) is 0 Å². The molecule has 0 aliphatic heterocycles. The Morgan fingerprint density at radius 2 is 2.00 bits per heavy atom. The molecule has 0 heterocycles. The zero-order chi connectivity index (χ0) is 10.6. The van der Waals surface area contributed by atoms with Gasteiger partial charge in [-0.15, -0.1) is 0 Å². The first-order valence-corrected chi connectivity index (χ1v) is 5.26. The Hall–Kier alpha value is -0.670. The van der Waals surface area contributed by atoms with Crippen LogP contribution in [0.3, 0.4) is 0 Å². The van der Waals surface area contributed by atoms with Gasteiger partial charge in [-0.25, -0.2) is 0 Å². The lowest BCUT2D eigenvalue weighted by atomic mass is 9.98. The second kappa shape index (κ2) is 4.71. The van der Waals surface area contributed by atoms with Crippen molar-refractivity contribution in [2.45, 2.75) is 25.4 Å². The van der Waals surface area contributed by atoms with Crippen molar-refractivity contribution in [2.24, 2.45) is 0 Å². The molecule has 1 aromatic rings. The Labute approximate surface area is 92.1 Å². The summed E-state index contributed by atoms with van der Waals surface area (Å²) in [6.07, 6.45) is 1.75. The maximum absolute atomic E-state index is 10.4. The summed E-state index contributed by atoms with van der Waals surface area (Å²) in [6, 6.07) is 7.85. The Morgan fingerprint density at radius 1 is 1.43 bits per heavy atom. The monoisotopic (exact) mass is 256 g/mol. The quantitative estimate of drug-likeness (QED) is 0.840. The van der Waals surface area contributed by atoms with Crippen LogP contribution in [0, 0.1) is 0 Å². The highest BCUT2D eigenvalue weighted by Gasteiger charge is 2.18. The molecule has 14 heavy (non-hydrogen) atoms. The fraction of sp³-hybridized carbons (Fsp3) is 0.364. The average molecular weight is 257 g/mol. The molecule has 0 amide bonds. The van der Waals surface area contributed by atoms with Crippen LogP contribution in [0.15, 0.2) is 28.7 Å². The number of halogens is 1. The van der Waals surface area contributed by atoms with Crippen LogP contribution in [0.4, 0.5) is 0 Å². The summed E-state index contributed by atoms with van der Waals surface area (Å²) >= 11 is 3.34. The number of aldehydes is 1. The molecule has 0 fully saturated rings. The molecule has 1 N–H and O–H groups in total. The lowest BCUT2D eigenvalue weighted by Gasteiger charge is -2.14. The molecule has 0 aliphatic carbocycles. The molecule has 0 aliphatic rings. The maximum Gasteiger partial charge on any atom is 0.151 e. The molecular formula is C11H13BrO2. The van der Waals surface area contributed by atoms with E-state index in [1.165, 1.54) is 6.92 Å². The number of benzene rings is 1. The van der Waals surface area contributed by atoms with Crippen molar-refractivity contribution in [1.82, 2.24) is 0 Å². The summed E-state index contributed by atoms with van der Waals surface area (Å²) in [5, 5.41) is 9.46. The van der Waals surface area contributed by atoms with Crippen LogP contribution >= 0.6 is 15.9 Å². The largest absolute Gasteiger partial charge is 0.383 e. The zero-order valence-corrected chi connectivity index (χ0v) is 9.62. The van der Waals surface area contributed by atoms with E-state index in [1.54, 1.807) is 0 Å². The van der Waals surface area contributed by atoms with Crippen molar-refractivity contribution in [2.75, 3.05) is 0 Å². The Morgan fingerprint density at radius 3 is 2.50 bits per heavy atom. The molecule has 0 saturated carbocycles. The van der Waals surface area contributed by atoms with E-state index in [1.807, 2.05) is 24.3 Å². The van der Waals surface area contributed by atoms with Crippen molar-refractivity contribution < 1.29 is 9.90 Å². The van der Waals surface area contributed by atoms with Crippen LogP contribution in [0.25, 0.3) is 0 Å². The van der Waals surface area contributed by atoms with Crippen LogP contribution in [0.1, 0.15) is 18.9 Å². The number of hydrogen-bond acceptors (Lipinski definition) is 2. The van der Waals surface area contributed by atoms with E-state index in [4.69, 9.17) is 0 Å². The molecule has 3 heteroatoms. The highest BCUT2D eigenvalue weighted by molar-refractivity contribution is 9.10. The molecule has 0 spiro atoms. The van der Waals surface area contributed by atoms with Crippen molar-refractivity contribution in [1.29, 1.82) is 0 Å². The summed E-state index contributed by atoms with van der Waals surface area (Å²) < 4.78 is 1.03. The molecule has 0 saturated heterocycles. The van der Waals surface area contributed by atoms with Crippen LogP contribution in [-0.4, -0.2) is 17.0 Å². The number of carbonyl (C=O) groups excluding carboxylic acids is 1. The summed E-state index contributed by atoms with van der Waals surface area (Å²) in [7, 11) is 0. The van der Waals surface area contributed by atoms with Gasteiger partial charge < -0.3 is 9.90 Å². The van der Waals surface area contributed by atoms with Gasteiger partial charge in [-0.1, -0.05) is 28.1 Å². The SMILES string of the molecule is C[C@@](O)(C=O)CCc1ccc(Br)cc1. The molecule has 76 valence electrons. The third-order valence-corrected chi connectivity index (χ3v) is 2.62. The first-order valence-electron chi connectivity index (χ1n) is 4.47. The van der Waals surface area contributed by atoms with Gasteiger partial charge in [0.15, 0.2) is 6.29 Å². The van der Waals surface area contributed by atoms with E-state index in [0.29, 0.717) is 19.1 Å². The second-order valence-electron chi connectivity index (χ2n) is 3.60. The van der Waals surface area contributed by atoms with Gasteiger partial charge in [0.25, 0.3) is 0 Å². The molecule has 1 atom stereocenters. The molecule has 0 bridgehead atoms. The number of rotatable bonds is 4. The van der Waals surface area contributed by atoms with E-state index in [9.17, 15) is 9.90 Å². The Kier molecular flexibility index (Phi) is 3.84. The van der Waals surface area contributed by atoms with Gasteiger partial charge in [-0.2, -0.15) is 0 Å². The van der Waals surface area contributed by atoms with Crippen LogP contribution in [-0.2, 0) is 11.2 Å². The highest BCUT2D eigenvalue weighted by Crippen LogP contribution is 2.15. The number of carbonyl (C=O) groups is 1. The molecule has 0 unspecified atom stereocenters. The fourth-order valence-electron chi connectivity index (χ4n) is 1.11. The van der Waals surface area contributed by atoms with Gasteiger partial charge >= 0.3 is 0 Å². The third kappa shape index (κ3) is 3.60. The van der Waals surface area contributed by atoms with Gasteiger partial charge in [0.05, 0.1) is 0 Å². The van der Waals surface area contributed by atoms with Gasteiger partial charge in [0.1, 0.15) is 5.60 Å². The lowest BCUT2D eigenvalue weighted by Crippen LogP contribution is -2.26. The minimum atomic E-state index is -1.20. The van der Waals surface area contributed by atoms with Crippen LogP contribution in [0.2, 0.25) is 0 Å². The van der Waals surface area contributed by atoms with E-state index >= 15 is 0 Å². The predicted octanol–water partition coefficient (Wildman–Crippen LogP) is 2.33. The second-order valence-corrected chi connectivity index (χ2v) is 4.52. The van der Waals surface area contributed by atoms with Gasteiger partial charge in [-0.05, 0) is 37.5 Å². The lowest BCUT2D eigenvalue weighted by molar-refractivity contribution is -0.122. The molecule has 2 nitrogen and oxygen atoms in total. The first kappa shape index (κ1) is 11.4. The van der Waals surface area contributed by atoms with Gasteiger partial charge in [0, 0.05) is 4.47 Å². The molecule has 0 aromatic heterocycles. The summed E-state index contributed by atoms with van der Waals surface area (Å²) in [5.74, 6) is 0. The highest BCUT2D eigenvalue weighted by atomic mass is 79.9.